The molecule has 0 radical (unpaired) electrons. The Bertz CT molecular complexity index is 845. The Morgan fingerprint density at radius 2 is 1.75 bits per heavy atom. The molecule has 0 saturated carbocycles. The van der Waals surface area contributed by atoms with Gasteiger partial charge in [0.05, 0.1) is 32.5 Å². The third-order valence-electron chi connectivity index (χ3n) is 3.88. The molecular weight excluding hydrogens is 380 g/mol. The molecule has 2 aromatic carbocycles. The number of rotatable bonds is 10. The molecule has 0 bridgehead atoms. The molecule has 0 aliphatic rings. The summed E-state index contributed by atoms with van der Waals surface area (Å²) in [6.45, 7) is 4.94. The van der Waals surface area contributed by atoms with Gasteiger partial charge in [0, 0.05) is 5.56 Å². The molecule has 2 aromatic rings. The van der Waals surface area contributed by atoms with Crippen LogP contribution in [-0.2, 0) is 0 Å². The van der Waals surface area contributed by atoms with Gasteiger partial charge in [0.2, 0.25) is 0 Å². The average Bonchev–Trinajstić information content (AvgIpc) is 2.71. The highest BCUT2D eigenvalue weighted by molar-refractivity contribution is 6.32. The fourth-order valence-corrected chi connectivity index (χ4v) is 2.82. The zero-order valence-corrected chi connectivity index (χ0v) is 17.3. The van der Waals surface area contributed by atoms with Crippen LogP contribution in [0.25, 0.3) is 6.08 Å². The van der Waals surface area contributed by atoms with Gasteiger partial charge < -0.3 is 18.9 Å². The number of allylic oxidation sites excluding steroid dienone is 1. The fraction of sp³-hybridized carbons (Fsp3) is 0.318. The second-order valence-corrected chi connectivity index (χ2v) is 6.29. The van der Waals surface area contributed by atoms with Crippen LogP contribution in [0.15, 0.2) is 36.4 Å². The maximum Gasteiger partial charge on any atom is 0.185 e. The zero-order valence-electron chi connectivity index (χ0n) is 16.6. The van der Waals surface area contributed by atoms with E-state index in [4.69, 9.17) is 30.5 Å². The molecule has 0 atom stereocenters. The van der Waals surface area contributed by atoms with Crippen LogP contribution in [-0.4, -0.2) is 33.2 Å². The molecule has 0 aliphatic carbocycles. The Labute approximate surface area is 170 Å². The van der Waals surface area contributed by atoms with E-state index in [-0.39, 0.29) is 5.78 Å². The van der Waals surface area contributed by atoms with Crippen molar-refractivity contribution in [2.75, 3.05) is 27.4 Å². The van der Waals surface area contributed by atoms with Crippen molar-refractivity contribution >= 4 is 23.5 Å². The Kier molecular flexibility index (Phi) is 8.20. The van der Waals surface area contributed by atoms with Gasteiger partial charge in [-0.15, -0.1) is 0 Å². The lowest BCUT2D eigenvalue weighted by Gasteiger charge is -2.14. The standard InChI is InChI=1S/C22H25ClO5/c1-5-11-28-22-17(23)12-15(13-21(22)27-6-2)7-9-18(24)16-8-10-19(25-3)20(14-16)26-4/h7-10,12-14H,5-6,11H2,1-4H3/b9-7+. The van der Waals surface area contributed by atoms with Crippen LogP contribution in [0.5, 0.6) is 23.0 Å². The van der Waals surface area contributed by atoms with Gasteiger partial charge in [-0.05, 0) is 55.3 Å². The van der Waals surface area contributed by atoms with Crippen LogP contribution in [0.3, 0.4) is 0 Å². The zero-order chi connectivity index (χ0) is 20.5. The Hall–Kier alpha value is -2.66. The van der Waals surface area contributed by atoms with Crippen LogP contribution in [0.4, 0.5) is 0 Å². The quantitative estimate of drug-likeness (QED) is 0.389. The van der Waals surface area contributed by atoms with E-state index in [9.17, 15) is 4.79 Å². The summed E-state index contributed by atoms with van der Waals surface area (Å²) in [5.74, 6) is 1.98. The van der Waals surface area contributed by atoms with E-state index in [0.717, 1.165) is 12.0 Å². The first-order chi connectivity index (χ1) is 13.5. The summed E-state index contributed by atoms with van der Waals surface area (Å²) in [6, 6.07) is 8.58. The number of methoxy groups -OCH3 is 2. The van der Waals surface area contributed by atoms with E-state index < -0.39 is 0 Å². The van der Waals surface area contributed by atoms with Gasteiger partial charge in [0.25, 0.3) is 0 Å². The van der Waals surface area contributed by atoms with Crippen molar-refractivity contribution in [3.63, 3.8) is 0 Å². The molecule has 5 nitrogen and oxygen atoms in total. The van der Waals surface area contributed by atoms with E-state index in [1.54, 1.807) is 43.5 Å². The third kappa shape index (κ3) is 5.42. The van der Waals surface area contributed by atoms with Gasteiger partial charge in [0.15, 0.2) is 28.8 Å². The summed E-state index contributed by atoms with van der Waals surface area (Å²) in [5, 5.41) is 0.442. The second-order valence-electron chi connectivity index (χ2n) is 5.88. The molecule has 2 rings (SSSR count). The molecule has 0 unspecified atom stereocenters. The van der Waals surface area contributed by atoms with Crippen LogP contribution < -0.4 is 18.9 Å². The number of carbonyl (C=O) groups is 1. The highest BCUT2D eigenvalue weighted by Gasteiger charge is 2.12. The van der Waals surface area contributed by atoms with Crippen molar-refractivity contribution in [3.8, 4) is 23.0 Å². The molecule has 0 amide bonds. The molecule has 6 heteroatoms. The van der Waals surface area contributed by atoms with Crippen molar-refractivity contribution in [1.29, 1.82) is 0 Å². The predicted molar refractivity (Wildman–Crippen MR) is 111 cm³/mol. The van der Waals surface area contributed by atoms with Crippen molar-refractivity contribution < 1.29 is 23.7 Å². The first kappa shape index (κ1) is 21.6. The number of ether oxygens (including phenoxy) is 4. The third-order valence-corrected chi connectivity index (χ3v) is 4.16. The highest BCUT2D eigenvalue weighted by atomic mass is 35.5. The smallest absolute Gasteiger partial charge is 0.185 e. The molecule has 0 aromatic heterocycles. The second kappa shape index (κ2) is 10.6. The molecule has 28 heavy (non-hydrogen) atoms. The van der Waals surface area contributed by atoms with Crippen molar-refractivity contribution in [2.24, 2.45) is 0 Å². The SMILES string of the molecule is CCCOc1c(Cl)cc(/C=C/C(=O)c2ccc(OC)c(OC)c2)cc1OCC. The van der Waals surface area contributed by atoms with Gasteiger partial charge in [-0.25, -0.2) is 0 Å². The first-order valence-electron chi connectivity index (χ1n) is 9.07. The molecule has 0 spiro atoms. The number of carbonyl (C=O) groups excluding carboxylic acids is 1. The monoisotopic (exact) mass is 404 g/mol. The maximum atomic E-state index is 12.5. The van der Waals surface area contributed by atoms with Gasteiger partial charge in [-0.2, -0.15) is 0 Å². The maximum absolute atomic E-state index is 12.5. The summed E-state index contributed by atoms with van der Waals surface area (Å²) < 4.78 is 21.8. The van der Waals surface area contributed by atoms with Crippen molar-refractivity contribution in [2.45, 2.75) is 20.3 Å². The topological polar surface area (TPSA) is 54.0 Å². The molecule has 0 heterocycles. The number of ketones is 1. The minimum absolute atomic E-state index is 0.165. The molecular formula is C22H25ClO5. The molecule has 150 valence electrons. The first-order valence-corrected chi connectivity index (χ1v) is 9.45. The lowest BCUT2D eigenvalue weighted by atomic mass is 10.1. The summed E-state index contributed by atoms with van der Waals surface area (Å²) in [6.07, 6.45) is 4.04. The molecule has 0 N–H and O–H groups in total. The number of benzene rings is 2. The van der Waals surface area contributed by atoms with Gasteiger partial charge in [0.1, 0.15) is 0 Å². The molecule has 0 saturated heterocycles. The van der Waals surface area contributed by atoms with Crippen molar-refractivity contribution in [1.82, 2.24) is 0 Å². The van der Waals surface area contributed by atoms with Gasteiger partial charge in [-0.1, -0.05) is 24.6 Å². The summed E-state index contributed by atoms with van der Waals surface area (Å²) in [5.41, 5.74) is 1.24. The summed E-state index contributed by atoms with van der Waals surface area (Å²) in [4.78, 5) is 12.5. The van der Waals surface area contributed by atoms with E-state index >= 15 is 0 Å². The minimum atomic E-state index is -0.165. The van der Waals surface area contributed by atoms with Crippen LogP contribution >= 0.6 is 11.6 Å². The van der Waals surface area contributed by atoms with E-state index in [0.29, 0.717) is 46.8 Å². The lowest BCUT2D eigenvalue weighted by Crippen LogP contribution is -2.01. The highest BCUT2D eigenvalue weighted by Crippen LogP contribution is 2.37. The van der Waals surface area contributed by atoms with Crippen LogP contribution in [0, 0.1) is 0 Å². The van der Waals surface area contributed by atoms with E-state index in [2.05, 4.69) is 0 Å². The number of hydrogen-bond acceptors (Lipinski definition) is 5. The predicted octanol–water partition coefficient (Wildman–Crippen LogP) is 5.44. The normalized spacial score (nSPS) is 10.8. The Morgan fingerprint density at radius 3 is 2.39 bits per heavy atom. The average molecular weight is 405 g/mol. The largest absolute Gasteiger partial charge is 0.493 e. The van der Waals surface area contributed by atoms with Crippen LogP contribution in [0.1, 0.15) is 36.2 Å². The summed E-state index contributed by atoms with van der Waals surface area (Å²) >= 11 is 6.36. The number of hydrogen-bond donors (Lipinski definition) is 0. The lowest BCUT2D eigenvalue weighted by molar-refractivity contribution is 0.104. The fourth-order valence-electron chi connectivity index (χ4n) is 2.55. The molecule has 0 aliphatic heterocycles. The summed E-state index contributed by atoms with van der Waals surface area (Å²) in [7, 11) is 3.08. The van der Waals surface area contributed by atoms with Gasteiger partial charge >= 0.3 is 0 Å². The van der Waals surface area contributed by atoms with Gasteiger partial charge in [-0.3, -0.25) is 4.79 Å². The minimum Gasteiger partial charge on any atom is -0.493 e. The van der Waals surface area contributed by atoms with E-state index in [1.165, 1.54) is 13.2 Å². The Morgan fingerprint density at radius 1 is 1.00 bits per heavy atom. The number of halogens is 1. The van der Waals surface area contributed by atoms with Crippen molar-refractivity contribution in [3.05, 3.63) is 52.6 Å². The van der Waals surface area contributed by atoms with E-state index in [1.807, 2.05) is 13.8 Å². The molecule has 0 fully saturated rings. The van der Waals surface area contributed by atoms with Crippen LogP contribution in [0.2, 0.25) is 5.02 Å². The Balaban J connectivity index is 2.26.